The fourth-order valence-corrected chi connectivity index (χ4v) is 0.965. The first kappa shape index (κ1) is 9.01. The van der Waals surface area contributed by atoms with Gasteiger partial charge < -0.3 is 5.11 Å². The van der Waals surface area contributed by atoms with E-state index in [2.05, 4.69) is 0 Å². The van der Waals surface area contributed by atoms with Crippen LogP contribution in [0.15, 0.2) is 36.4 Å². The van der Waals surface area contributed by atoms with Crippen molar-refractivity contribution >= 4 is 6.08 Å². The standard InChI is InChI=1S/C11H14O/c1-10(12)6-5-9-11-7-3-2-4-8-11/h2-5,7-10,12H,6H2,1H3/b9-5+/t10-/m0/s1. The molecule has 0 bridgehead atoms. The fraction of sp³-hybridized carbons (Fsp3) is 0.273. The summed E-state index contributed by atoms with van der Waals surface area (Å²) in [6.07, 6.45) is 4.48. The molecular weight excluding hydrogens is 148 g/mol. The topological polar surface area (TPSA) is 20.2 Å². The van der Waals surface area contributed by atoms with Crippen LogP contribution in [0.25, 0.3) is 6.08 Å². The van der Waals surface area contributed by atoms with Gasteiger partial charge in [-0.2, -0.15) is 0 Å². The molecule has 0 spiro atoms. The van der Waals surface area contributed by atoms with E-state index in [1.54, 1.807) is 6.92 Å². The van der Waals surface area contributed by atoms with E-state index in [9.17, 15) is 0 Å². The Bertz CT molecular complexity index is 236. The lowest BCUT2D eigenvalue weighted by Gasteiger charge is -1.96. The molecule has 0 aliphatic heterocycles. The Labute approximate surface area is 73.4 Å². The minimum atomic E-state index is -0.245. The summed E-state index contributed by atoms with van der Waals surface area (Å²) in [6.45, 7) is 1.79. The van der Waals surface area contributed by atoms with Gasteiger partial charge >= 0.3 is 0 Å². The van der Waals surface area contributed by atoms with Crippen molar-refractivity contribution in [3.05, 3.63) is 42.0 Å². The highest BCUT2D eigenvalue weighted by Gasteiger charge is 1.88. The Hall–Kier alpha value is -1.08. The number of aliphatic hydroxyl groups excluding tert-OH is 1. The molecule has 0 aromatic heterocycles. The molecule has 1 N–H and O–H groups in total. The Morgan fingerprint density at radius 3 is 2.58 bits per heavy atom. The summed E-state index contributed by atoms with van der Waals surface area (Å²) in [4.78, 5) is 0. The predicted molar refractivity (Wildman–Crippen MR) is 51.8 cm³/mol. The van der Waals surface area contributed by atoms with Crippen molar-refractivity contribution in [2.24, 2.45) is 0 Å². The van der Waals surface area contributed by atoms with Gasteiger partial charge in [0.05, 0.1) is 6.10 Å². The zero-order chi connectivity index (χ0) is 8.81. The SMILES string of the molecule is C[C@H](O)C/C=C/c1ccccc1. The van der Waals surface area contributed by atoms with E-state index in [0.717, 1.165) is 6.42 Å². The molecule has 0 aliphatic rings. The van der Waals surface area contributed by atoms with Crippen molar-refractivity contribution in [1.29, 1.82) is 0 Å². The molecule has 64 valence electrons. The minimum absolute atomic E-state index is 0.245. The maximum atomic E-state index is 8.98. The summed E-state index contributed by atoms with van der Waals surface area (Å²) in [6, 6.07) is 10.1. The molecule has 12 heavy (non-hydrogen) atoms. The van der Waals surface area contributed by atoms with Crippen molar-refractivity contribution in [3.63, 3.8) is 0 Å². The van der Waals surface area contributed by atoms with Gasteiger partial charge in [-0.15, -0.1) is 0 Å². The molecule has 1 rings (SSSR count). The minimum Gasteiger partial charge on any atom is -0.393 e. The van der Waals surface area contributed by atoms with E-state index in [0.29, 0.717) is 0 Å². The molecule has 0 heterocycles. The van der Waals surface area contributed by atoms with Gasteiger partial charge in [0, 0.05) is 0 Å². The quantitative estimate of drug-likeness (QED) is 0.724. The van der Waals surface area contributed by atoms with Crippen LogP contribution in [-0.2, 0) is 0 Å². The van der Waals surface area contributed by atoms with E-state index in [-0.39, 0.29) is 6.10 Å². The summed E-state index contributed by atoms with van der Waals surface area (Å²) < 4.78 is 0. The van der Waals surface area contributed by atoms with Crippen LogP contribution in [-0.4, -0.2) is 11.2 Å². The van der Waals surface area contributed by atoms with Crippen LogP contribution in [0, 0.1) is 0 Å². The number of aliphatic hydroxyl groups is 1. The monoisotopic (exact) mass is 162 g/mol. The second kappa shape index (κ2) is 4.73. The van der Waals surface area contributed by atoms with Crippen molar-refractivity contribution in [1.82, 2.24) is 0 Å². The van der Waals surface area contributed by atoms with Gasteiger partial charge in [0.15, 0.2) is 0 Å². The smallest absolute Gasteiger partial charge is 0.0546 e. The molecule has 1 aromatic carbocycles. The summed E-state index contributed by atoms with van der Waals surface area (Å²) in [5.41, 5.74) is 1.18. The van der Waals surface area contributed by atoms with E-state index in [4.69, 9.17) is 5.11 Å². The molecule has 0 saturated carbocycles. The number of hydrogen-bond acceptors (Lipinski definition) is 1. The molecule has 0 saturated heterocycles. The molecular formula is C11H14O. The predicted octanol–water partition coefficient (Wildman–Crippen LogP) is 2.47. The van der Waals surface area contributed by atoms with Crippen LogP contribution in [0.1, 0.15) is 18.9 Å². The van der Waals surface area contributed by atoms with E-state index in [1.807, 2.05) is 42.5 Å². The first-order chi connectivity index (χ1) is 5.79. The summed E-state index contributed by atoms with van der Waals surface area (Å²) in [5.74, 6) is 0. The van der Waals surface area contributed by atoms with Crippen molar-refractivity contribution in [2.75, 3.05) is 0 Å². The Kier molecular flexibility index (Phi) is 3.55. The van der Waals surface area contributed by atoms with Gasteiger partial charge in [-0.3, -0.25) is 0 Å². The highest BCUT2D eigenvalue weighted by molar-refractivity contribution is 5.48. The lowest BCUT2D eigenvalue weighted by molar-refractivity contribution is 0.199. The third-order valence-corrected chi connectivity index (χ3v) is 1.59. The lowest BCUT2D eigenvalue weighted by Crippen LogP contribution is -1.94. The fourth-order valence-electron chi connectivity index (χ4n) is 0.965. The maximum absolute atomic E-state index is 8.98. The Morgan fingerprint density at radius 1 is 1.33 bits per heavy atom. The van der Waals surface area contributed by atoms with Gasteiger partial charge in [-0.05, 0) is 18.9 Å². The summed E-state index contributed by atoms with van der Waals surface area (Å²) in [5, 5.41) is 8.98. The third kappa shape index (κ3) is 3.35. The zero-order valence-electron chi connectivity index (χ0n) is 7.27. The molecule has 1 heteroatoms. The van der Waals surface area contributed by atoms with Crippen LogP contribution in [0.5, 0.6) is 0 Å². The Balaban J connectivity index is 2.47. The van der Waals surface area contributed by atoms with Crippen molar-refractivity contribution < 1.29 is 5.11 Å². The molecule has 1 aromatic rings. The van der Waals surface area contributed by atoms with Crippen LogP contribution in [0.4, 0.5) is 0 Å². The zero-order valence-corrected chi connectivity index (χ0v) is 7.27. The highest BCUT2D eigenvalue weighted by Crippen LogP contribution is 2.02. The molecule has 1 nitrogen and oxygen atoms in total. The summed E-state index contributed by atoms with van der Waals surface area (Å²) >= 11 is 0. The molecule has 0 radical (unpaired) electrons. The van der Waals surface area contributed by atoms with E-state index in [1.165, 1.54) is 5.56 Å². The molecule has 0 aliphatic carbocycles. The second-order valence-corrected chi connectivity index (χ2v) is 2.90. The second-order valence-electron chi connectivity index (χ2n) is 2.90. The van der Waals surface area contributed by atoms with E-state index < -0.39 is 0 Å². The molecule has 0 fully saturated rings. The lowest BCUT2D eigenvalue weighted by atomic mass is 10.2. The molecule has 1 atom stereocenters. The summed E-state index contributed by atoms with van der Waals surface area (Å²) in [7, 11) is 0. The largest absolute Gasteiger partial charge is 0.393 e. The highest BCUT2D eigenvalue weighted by atomic mass is 16.3. The van der Waals surface area contributed by atoms with Gasteiger partial charge in [0.1, 0.15) is 0 Å². The first-order valence-corrected chi connectivity index (χ1v) is 4.18. The van der Waals surface area contributed by atoms with Crippen LogP contribution in [0.2, 0.25) is 0 Å². The third-order valence-electron chi connectivity index (χ3n) is 1.59. The molecule has 0 amide bonds. The van der Waals surface area contributed by atoms with Gasteiger partial charge in [-0.25, -0.2) is 0 Å². The maximum Gasteiger partial charge on any atom is 0.0546 e. The normalized spacial score (nSPS) is 13.5. The van der Waals surface area contributed by atoms with Crippen LogP contribution in [0.3, 0.4) is 0 Å². The number of benzene rings is 1. The first-order valence-electron chi connectivity index (χ1n) is 4.18. The van der Waals surface area contributed by atoms with Gasteiger partial charge in [-0.1, -0.05) is 42.5 Å². The van der Waals surface area contributed by atoms with Gasteiger partial charge in [0.25, 0.3) is 0 Å². The average molecular weight is 162 g/mol. The average Bonchev–Trinajstić information content (AvgIpc) is 2.05. The van der Waals surface area contributed by atoms with E-state index >= 15 is 0 Å². The van der Waals surface area contributed by atoms with Crippen molar-refractivity contribution in [2.45, 2.75) is 19.4 Å². The van der Waals surface area contributed by atoms with Crippen LogP contribution < -0.4 is 0 Å². The number of hydrogen-bond donors (Lipinski definition) is 1. The van der Waals surface area contributed by atoms with Crippen LogP contribution >= 0.6 is 0 Å². The van der Waals surface area contributed by atoms with Gasteiger partial charge in [0.2, 0.25) is 0 Å². The Morgan fingerprint density at radius 2 is 2.00 bits per heavy atom. The number of rotatable bonds is 3. The molecule has 0 unspecified atom stereocenters. The van der Waals surface area contributed by atoms with Crippen molar-refractivity contribution in [3.8, 4) is 0 Å².